The standard InChI is InChI=1S/C21H24F3N5O2/c1-2-3-11-25-19(30)17-9-10-18(27-26-17)28-12-6-13-29(14-28)20(31)15-7-4-5-8-16(15)21(22,23)24/h4-5,7-10H,2-3,6,11-14H2,1H3,(H,25,30). The molecule has 1 aromatic heterocycles. The van der Waals surface area contributed by atoms with Crippen LogP contribution in [0.4, 0.5) is 19.0 Å². The summed E-state index contributed by atoms with van der Waals surface area (Å²) in [6.07, 6.45) is -2.21. The summed E-state index contributed by atoms with van der Waals surface area (Å²) in [4.78, 5) is 28.0. The molecule has 10 heteroatoms. The van der Waals surface area contributed by atoms with Crippen LogP contribution in [0.2, 0.25) is 0 Å². The number of nitrogens with one attached hydrogen (secondary N) is 1. The fourth-order valence-electron chi connectivity index (χ4n) is 3.32. The van der Waals surface area contributed by atoms with E-state index in [0.29, 0.717) is 31.9 Å². The smallest absolute Gasteiger partial charge is 0.351 e. The Morgan fingerprint density at radius 1 is 1.10 bits per heavy atom. The van der Waals surface area contributed by atoms with Crippen LogP contribution >= 0.6 is 0 Å². The lowest BCUT2D eigenvalue weighted by molar-refractivity contribution is -0.138. The van der Waals surface area contributed by atoms with E-state index in [-0.39, 0.29) is 23.8 Å². The van der Waals surface area contributed by atoms with E-state index in [2.05, 4.69) is 15.5 Å². The van der Waals surface area contributed by atoms with Gasteiger partial charge in [0.15, 0.2) is 11.5 Å². The molecule has 1 fully saturated rings. The number of carbonyl (C=O) groups excluding carboxylic acids is 2. The summed E-state index contributed by atoms with van der Waals surface area (Å²) in [5.74, 6) is -0.545. The molecule has 1 N–H and O–H groups in total. The van der Waals surface area contributed by atoms with Crippen molar-refractivity contribution in [2.75, 3.05) is 31.2 Å². The van der Waals surface area contributed by atoms with Crippen LogP contribution in [0.3, 0.4) is 0 Å². The summed E-state index contributed by atoms with van der Waals surface area (Å²) < 4.78 is 39.9. The van der Waals surface area contributed by atoms with E-state index in [0.717, 1.165) is 18.9 Å². The SMILES string of the molecule is CCCCNC(=O)c1ccc(N2CCCN(C(=O)c3ccccc3C(F)(F)F)C2)nn1. The molecule has 0 spiro atoms. The topological polar surface area (TPSA) is 78.4 Å². The molecule has 1 aliphatic rings. The zero-order valence-corrected chi connectivity index (χ0v) is 17.2. The number of aromatic nitrogens is 2. The second-order valence-corrected chi connectivity index (χ2v) is 7.26. The molecule has 7 nitrogen and oxygen atoms in total. The highest BCUT2D eigenvalue weighted by Crippen LogP contribution is 2.32. The van der Waals surface area contributed by atoms with E-state index in [1.54, 1.807) is 17.0 Å². The minimum atomic E-state index is -4.61. The number of amides is 2. The fraction of sp³-hybridized carbons (Fsp3) is 0.429. The molecule has 0 radical (unpaired) electrons. The van der Waals surface area contributed by atoms with Crippen LogP contribution in [0, 0.1) is 0 Å². The van der Waals surface area contributed by atoms with Crippen molar-refractivity contribution in [2.45, 2.75) is 32.4 Å². The van der Waals surface area contributed by atoms with Gasteiger partial charge in [-0.05, 0) is 37.1 Å². The van der Waals surface area contributed by atoms with Crippen molar-refractivity contribution in [3.63, 3.8) is 0 Å². The molecule has 2 amide bonds. The van der Waals surface area contributed by atoms with E-state index < -0.39 is 17.6 Å². The highest BCUT2D eigenvalue weighted by Gasteiger charge is 2.36. The number of nitrogens with zero attached hydrogens (tertiary/aromatic N) is 4. The van der Waals surface area contributed by atoms with Crippen molar-refractivity contribution >= 4 is 17.6 Å². The quantitative estimate of drug-likeness (QED) is 0.705. The largest absolute Gasteiger partial charge is 0.417 e. The Balaban J connectivity index is 1.70. The molecule has 2 aromatic rings. The van der Waals surface area contributed by atoms with Crippen molar-refractivity contribution in [1.29, 1.82) is 0 Å². The number of carbonyl (C=O) groups is 2. The van der Waals surface area contributed by atoms with Crippen molar-refractivity contribution in [3.05, 3.63) is 53.2 Å². The van der Waals surface area contributed by atoms with Gasteiger partial charge >= 0.3 is 6.18 Å². The number of benzene rings is 1. The average molecular weight is 435 g/mol. The molecule has 2 heterocycles. The molecule has 1 aromatic carbocycles. The Morgan fingerprint density at radius 3 is 2.55 bits per heavy atom. The molecule has 1 saturated heterocycles. The fourth-order valence-corrected chi connectivity index (χ4v) is 3.32. The number of unbranched alkanes of at least 4 members (excludes halogenated alkanes) is 1. The maximum atomic E-state index is 13.3. The van der Waals surface area contributed by atoms with Crippen LogP contribution < -0.4 is 10.2 Å². The van der Waals surface area contributed by atoms with Crippen molar-refractivity contribution in [1.82, 2.24) is 20.4 Å². The normalized spacial score (nSPS) is 14.5. The zero-order valence-electron chi connectivity index (χ0n) is 17.2. The Hall–Kier alpha value is -3.17. The molecule has 0 atom stereocenters. The van der Waals surface area contributed by atoms with Gasteiger partial charge < -0.3 is 15.1 Å². The minimum absolute atomic E-state index is 0.0851. The Labute approximate surface area is 178 Å². The molecular formula is C21H24F3N5O2. The third-order valence-electron chi connectivity index (χ3n) is 4.97. The predicted molar refractivity (Wildman–Crippen MR) is 109 cm³/mol. The van der Waals surface area contributed by atoms with Crippen LogP contribution in [0.1, 0.15) is 52.6 Å². The first-order valence-corrected chi connectivity index (χ1v) is 10.1. The van der Waals surface area contributed by atoms with Crippen LogP contribution in [-0.2, 0) is 6.18 Å². The van der Waals surface area contributed by atoms with Crippen LogP contribution in [-0.4, -0.2) is 53.2 Å². The van der Waals surface area contributed by atoms with Gasteiger partial charge in [0, 0.05) is 19.6 Å². The molecule has 3 rings (SSSR count). The van der Waals surface area contributed by atoms with E-state index in [4.69, 9.17) is 0 Å². The predicted octanol–water partition coefficient (Wildman–Crippen LogP) is 3.34. The first-order chi connectivity index (χ1) is 14.8. The van der Waals surface area contributed by atoms with E-state index in [1.807, 2.05) is 6.92 Å². The summed E-state index contributed by atoms with van der Waals surface area (Å²) in [5.41, 5.74) is -1.14. The third-order valence-corrected chi connectivity index (χ3v) is 4.97. The van der Waals surface area contributed by atoms with Gasteiger partial charge in [0.05, 0.1) is 17.8 Å². The third kappa shape index (κ3) is 5.50. The van der Waals surface area contributed by atoms with E-state index in [1.165, 1.54) is 23.1 Å². The first kappa shape index (κ1) is 22.5. The summed E-state index contributed by atoms with van der Waals surface area (Å²) in [6, 6.07) is 7.95. The molecule has 0 unspecified atom stereocenters. The highest BCUT2D eigenvalue weighted by molar-refractivity contribution is 5.96. The molecule has 0 bridgehead atoms. The van der Waals surface area contributed by atoms with E-state index >= 15 is 0 Å². The van der Waals surface area contributed by atoms with Gasteiger partial charge in [0.25, 0.3) is 11.8 Å². The lowest BCUT2D eigenvalue weighted by Crippen LogP contribution is -2.48. The second kappa shape index (κ2) is 9.76. The summed E-state index contributed by atoms with van der Waals surface area (Å²) in [7, 11) is 0. The van der Waals surface area contributed by atoms with Gasteiger partial charge in [-0.15, -0.1) is 10.2 Å². The monoisotopic (exact) mass is 435 g/mol. The van der Waals surface area contributed by atoms with Gasteiger partial charge in [0.1, 0.15) is 0 Å². The number of alkyl halides is 3. The number of anilines is 1. The van der Waals surface area contributed by atoms with Crippen molar-refractivity contribution in [3.8, 4) is 0 Å². The number of hydrogen-bond donors (Lipinski definition) is 1. The number of hydrogen-bond acceptors (Lipinski definition) is 5. The van der Waals surface area contributed by atoms with Crippen molar-refractivity contribution in [2.24, 2.45) is 0 Å². The van der Waals surface area contributed by atoms with Gasteiger partial charge in [-0.1, -0.05) is 25.5 Å². The van der Waals surface area contributed by atoms with E-state index in [9.17, 15) is 22.8 Å². The van der Waals surface area contributed by atoms with Crippen LogP contribution in [0.15, 0.2) is 36.4 Å². The molecule has 0 aliphatic carbocycles. The second-order valence-electron chi connectivity index (χ2n) is 7.26. The van der Waals surface area contributed by atoms with Gasteiger partial charge in [-0.25, -0.2) is 0 Å². The number of rotatable bonds is 6. The van der Waals surface area contributed by atoms with Gasteiger partial charge in [0.2, 0.25) is 0 Å². The van der Waals surface area contributed by atoms with Gasteiger partial charge in [-0.2, -0.15) is 13.2 Å². The Bertz CT molecular complexity index is 918. The lowest BCUT2D eigenvalue weighted by Gasteiger charge is -2.36. The molecule has 0 saturated carbocycles. The van der Waals surface area contributed by atoms with Crippen molar-refractivity contribution < 1.29 is 22.8 Å². The summed E-state index contributed by atoms with van der Waals surface area (Å²) >= 11 is 0. The number of halogens is 3. The van der Waals surface area contributed by atoms with Crippen LogP contribution in [0.25, 0.3) is 0 Å². The molecular weight excluding hydrogens is 411 g/mol. The minimum Gasteiger partial charge on any atom is -0.351 e. The van der Waals surface area contributed by atoms with Gasteiger partial charge in [-0.3, -0.25) is 9.59 Å². The molecule has 1 aliphatic heterocycles. The summed E-state index contributed by atoms with van der Waals surface area (Å²) in [6.45, 7) is 3.58. The lowest BCUT2D eigenvalue weighted by atomic mass is 10.1. The highest BCUT2D eigenvalue weighted by atomic mass is 19.4. The molecule has 31 heavy (non-hydrogen) atoms. The molecule has 166 valence electrons. The first-order valence-electron chi connectivity index (χ1n) is 10.1. The van der Waals surface area contributed by atoms with Crippen LogP contribution in [0.5, 0.6) is 0 Å². The Morgan fingerprint density at radius 2 is 1.87 bits per heavy atom. The average Bonchev–Trinajstić information content (AvgIpc) is 2.78. The maximum absolute atomic E-state index is 13.3. The maximum Gasteiger partial charge on any atom is 0.417 e. The summed E-state index contributed by atoms with van der Waals surface area (Å²) in [5, 5.41) is 10.8. The zero-order chi connectivity index (χ0) is 22.4. The Kier molecular flexibility index (Phi) is 7.09.